The summed E-state index contributed by atoms with van der Waals surface area (Å²) in [6, 6.07) is 7.44. The van der Waals surface area contributed by atoms with Crippen molar-refractivity contribution in [1.29, 1.82) is 0 Å². The summed E-state index contributed by atoms with van der Waals surface area (Å²) in [5.41, 5.74) is 0.936. The van der Waals surface area contributed by atoms with Crippen molar-refractivity contribution in [2.75, 3.05) is 5.75 Å². The summed E-state index contributed by atoms with van der Waals surface area (Å²) in [4.78, 5) is 12.0. The van der Waals surface area contributed by atoms with Gasteiger partial charge in [-0.25, -0.2) is 0 Å². The number of aromatic nitrogens is 3. The first-order chi connectivity index (χ1) is 11.6. The molecule has 0 atom stereocenters. The highest BCUT2D eigenvalue weighted by atomic mass is 35.5. The van der Waals surface area contributed by atoms with Gasteiger partial charge in [-0.2, -0.15) is 0 Å². The maximum atomic E-state index is 12.0. The van der Waals surface area contributed by atoms with Crippen LogP contribution < -0.4 is 0 Å². The van der Waals surface area contributed by atoms with Crippen molar-refractivity contribution in [2.24, 2.45) is 7.05 Å². The standard InChI is InChI=1S/C17H20ClN3O2S/c1-21-16(12-7-9-13(18)10-8-12)19-20-17(21)24-11-15(22)23-14-5-3-2-4-6-14/h7-10,14H,2-6,11H2,1H3. The lowest BCUT2D eigenvalue weighted by atomic mass is 9.98. The molecule has 1 aliphatic rings. The van der Waals surface area contributed by atoms with Crippen LogP contribution in [0.15, 0.2) is 29.4 Å². The van der Waals surface area contributed by atoms with Crippen molar-refractivity contribution in [3.8, 4) is 11.4 Å². The number of rotatable bonds is 5. The Balaban J connectivity index is 1.57. The molecule has 1 aromatic carbocycles. The normalized spacial score (nSPS) is 15.4. The number of hydrogen-bond donors (Lipinski definition) is 0. The Labute approximate surface area is 150 Å². The van der Waals surface area contributed by atoms with E-state index in [2.05, 4.69) is 10.2 Å². The van der Waals surface area contributed by atoms with Crippen LogP contribution in [0.4, 0.5) is 0 Å². The van der Waals surface area contributed by atoms with Gasteiger partial charge >= 0.3 is 5.97 Å². The molecule has 0 bridgehead atoms. The first-order valence-electron chi connectivity index (χ1n) is 8.11. The van der Waals surface area contributed by atoms with Gasteiger partial charge in [0.15, 0.2) is 11.0 Å². The van der Waals surface area contributed by atoms with Crippen molar-refractivity contribution < 1.29 is 9.53 Å². The molecule has 1 aliphatic carbocycles. The van der Waals surface area contributed by atoms with Crippen LogP contribution in [0.5, 0.6) is 0 Å². The topological polar surface area (TPSA) is 57.0 Å². The van der Waals surface area contributed by atoms with Gasteiger partial charge in [0.2, 0.25) is 0 Å². The van der Waals surface area contributed by atoms with Crippen LogP contribution in [0.25, 0.3) is 11.4 Å². The quantitative estimate of drug-likeness (QED) is 0.589. The number of ether oxygens (including phenoxy) is 1. The third-order valence-corrected chi connectivity index (χ3v) is 5.35. The van der Waals surface area contributed by atoms with Crippen LogP contribution in [0.1, 0.15) is 32.1 Å². The SMILES string of the molecule is Cn1c(SCC(=O)OC2CCCCC2)nnc1-c1ccc(Cl)cc1. The third-order valence-electron chi connectivity index (χ3n) is 4.11. The highest BCUT2D eigenvalue weighted by molar-refractivity contribution is 7.99. The lowest BCUT2D eigenvalue weighted by Gasteiger charge is -2.21. The second-order valence-corrected chi connectivity index (χ2v) is 7.29. The minimum Gasteiger partial charge on any atom is -0.462 e. The number of benzene rings is 1. The molecule has 1 fully saturated rings. The van der Waals surface area contributed by atoms with E-state index in [1.807, 2.05) is 35.9 Å². The molecule has 0 amide bonds. The Hall–Kier alpha value is -1.53. The highest BCUT2D eigenvalue weighted by Gasteiger charge is 2.19. The molecule has 5 nitrogen and oxygen atoms in total. The fraction of sp³-hybridized carbons (Fsp3) is 0.471. The number of carbonyl (C=O) groups excluding carboxylic acids is 1. The molecule has 1 aromatic heterocycles. The van der Waals surface area contributed by atoms with Crippen molar-refractivity contribution >= 4 is 29.3 Å². The molecule has 0 N–H and O–H groups in total. The third kappa shape index (κ3) is 4.30. The second kappa shape index (κ2) is 8.03. The highest BCUT2D eigenvalue weighted by Crippen LogP contribution is 2.25. The van der Waals surface area contributed by atoms with Crippen molar-refractivity contribution in [3.63, 3.8) is 0 Å². The summed E-state index contributed by atoms with van der Waals surface area (Å²) < 4.78 is 7.40. The van der Waals surface area contributed by atoms with Crippen LogP contribution in [0.2, 0.25) is 5.02 Å². The number of hydrogen-bond acceptors (Lipinski definition) is 5. The van der Waals surface area contributed by atoms with Gasteiger partial charge in [0.25, 0.3) is 0 Å². The number of thioether (sulfide) groups is 1. The van der Waals surface area contributed by atoms with Gasteiger partial charge in [-0.15, -0.1) is 10.2 Å². The summed E-state index contributed by atoms with van der Waals surface area (Å²) in [6.45, 7) is 0. The van der Waals surface area contributed by atoms with E-state index in [0.717, 1.165) is 37.1 Å². The average Bonchev–Trinajstić information content (AvgIpc) is 2.95. The van der Waals surface area contributed by atoms with E-state index in [1.54, 1.807) is 0 Å². The van der Waals surface area contributed by atoms with Crippen LogP contribution in [-0.2, 0) is 16.6 Å². The molecule has 2 aromatic rings. The predicted molar refractivity (Wildman–Crippen MR) is 95.1 cm³/mol. The summed E-state index contributed by atoms with van der Waals surface area (Å²) in [5, 5.41) is 9.75. The van der Waals surface area contributed by atoms with E-state index in [4.69, 9.17) is 16.3 Å². The van der Waals surface area contributed by atoms with E-state index >= 15 is 0 Å². The van der Waals surface area contributed by atoms with E-state index in [0.29, 0.717) is 10.2 Å². The minimum absolute atomic E-state index is 0.0935. The number of halogens is 1. The Kier molecular flexibility index (Phi) is 5.79. The molecular formula is C17H20ClN3O2S. The van der Waals surface area contributed by atoms with Gasteiger partial charge in [-0.05, 0) is 49.9 Å². The van der Waals surface area contributed by atoms with Gasteiger partial charge in [0.1, 0.15) is 6.10 Å². The van der Waals surface area contributed by atoms with E-state index < -0.39 is 0 Å². The molecule has 0 aliphatic heterocycles. The molecule has 1 saturated carbocycles. The summed E-state index contributed by atoms with van der Waals surface area (Å²) in [6.07, 6.45) is 5.62. The molecule has 7 heteroatoms. The van der Waals surface area contributed by atoms with Crippen LogP contribution in [0, 0.1) is 0 Å². The van der Waals surface area contributed by atoms with E-state index in [9.17, 15) is 4.79 Å². The number of nitrogens with zero attached hydrogens (tertiary/aromatic N) is 3. The van der Waals surface area contributed by atoms with Gasteiger partial charge in [0, 0.05) is 17.6 Å². The fourth-order valence-corrected chi connectivity index (χ4v) is 3.64. The van der Waals surface area contributed by atoms with Crippen LogP contribution in [-0.4, -0.2) is 32.6 Å². The Morgan fingerprint density at radius 3 is 2.67 bits per heavy atom. The maximum Gasteiger partial charge on any atom is 0.316 e. The second-order valence-electron chi connectivity index (χ2n) is 5.91. The summed E-state index contributed by atoms with van der Waals surface area (Å²) >= 11 is 7.26. The first-order valence-corrected chi connectivity index (χ1v) is 9.47. The zero-order valence-electron chi connectivity index (χ0n) is 13.6. The Bertz CT molecular complexity index is 696. The lowest BCUT2D eigenvalue weighted by Crippen LogP contribution is -2.22. The van der Waals surface area contributed by atoms with Crippen LogP contribution >= 0.6 is 23.4 Å². The molecule has 0 saturated heterocycles. The number of carbonyl (C=O) groups is 1. The van der Waals surface area contributed by atoms with E-state index in [1.165, 1.54) is 18.2 Å². The monoisotopic (exact) mass is 365 g/mol. The average molecular weight is 366 g/mol. The molecule has 3 rings (SSSR count). The molecule has 24 heavy (non-hydrogen) atoms. The molecule has 0 radical (unpaired) electrons. The molecule has 1 heterocycles. The molecule has 0 unspecified atom stereocenters. The zero-order valence-corrected chi connectivity index (χ0v) is 15.1. The zero-order chi connectivity index (χ0) is 16.9. The Morgan fingerprint density at radius 1 is 1.25 bits per heavy atom. The first kappa shape index (κ1) is 17.3. The molecular weight excluding hydrogens is 346 g/mol. The minimum atomic E-state index is -0.178. The van der Waals surface area contributed by atoms with Gasteiger partial charge in [-0.3, -0.25) is 4.79 Å². The molecule has 0 spiro atoms. The molecule has 128 valence electrons. The smallest absolute Gasteiger partial charge is 0.316 e. The van der Waals surface area contributed by atoms with Crippen molar-refractivity contribution in [2.45, 2.75) is 43.4 Å². The van der Waals surface area contributed by atoms with Crippen LogP contribution in [0.3, 0.4) is 0 Å². The van der Waals surface area contributed by atoms with Crippen molar-refractivity contribution in [3.05, 3.63) is 29.3 Å². The van der Waals surface area contributed by atoms with Gasteiger partial charge < -0.3 is 9.30 Å². The largest absolute Gasteiger partial charge is 0.462 e. The lowest BCUT2D eigenvalue weighted by molar-refractivity contribution is -0.147. The maximum absolute atomic E-state index is 12.0. The predicted octanol–water partition coefficient (Wildman–Crippen LogP) is 4.10. The Morgan fingerprint density at radius 2 is 1.96 bits per heavy atom. The van der Waals surface area contributed by atoms with Gasteiger partial charge in [0.05, 0.1) is 5.75 Å². The van der Waals surface area contributed by atoms with Crippen molar-refractivity contribution in [1.82, 2.24) is 14.8 Å². The van der Waals surface area contributed by atoms with Gasteiger partial charge in [-0.1, -0.05) is 29.8 Å². The summed E-state index contributed by atoms with van der Waals surface area (Å²) in [7, 11) is 1.89. The fourth-order valence-electron chi connectivity index (χ4n) is 2.82. The number of esters is 1. The van der Waals surface area contributed by atoms with E-state index in [-0.39, 0.29) is 17.8 Å². The summed E-state index contributed by atoms with van der Waals surface area (Å²) in [5.74, 6) is 0.820.